The molecule has 7 unspecified atom stereocenters. The third-order valence-electron chi connectivity index (χ3n) is 15.9. The van der Waals surface area contributed by atoms with Crippen molar-refractivity contribution in [2.45, 2.75) is 207 Å². The van der Waals surface area contributed by atoms with Gasteiger partial charge in [0, 0.05) is 11.5 Å². The molecule has 2 heteroatoms. The maximum Gasteiger partial charge on any atom is 0.127 e. The summed E-state index contributed by atoms with van der Waals surface area (Å²) in [6, 6.07) is 6.17. The molecule has 1 fully saturated rings. The molecule has 2 nitrogen and oxygen atoms in total. The molecule has 9 atom stereocenters. The molecule has 4 aliphatic carbocycles. The number of unbranched alkanes of at least 4 members (excludes halogenated alkanes) is 3. The number of rotatable bonds is 18. The first-order valence-electron chi connectivity index (χ1n) is 23.6. The zero-order valence-electron chi connectivity index (χ0n) is 36.0. The molecule has 0 bridgehead atoms. The fraction of sp³-hybridized carbons (Fsp3) is 0.769. The topological polar surface area (TPSA) is 29.5 Å². The van der Waals surface area contributed by atoms with Crippen molar-refractivity contribution in [2.24, 2.45) is 47.3 Å². The Kier molecular flexibility index (Phi) is 15.4. The zero-order chi connectivity index (χ0) is 38.1. The number of fused-ring (bicyclic) bond motifs is 3. The molecule has 0 spiro atoms. The van der Waals surface area contributed by atoms with Crippen LogP contribution in [0.5, 0.6) is 11.5 Å². The minimum Gasteiger partial charge on any atom is -0.508 e. The van der Waals surface area contributed by atoms with E-state index in [1.165, 1.54) is 154 Å². The number of hydrogen-bond acceptors (Lipinski definition) is 2. The molecule has 54 heavy (non-hydrogen) atoms. The Morgan fingerprint density at radius 2 is 1.15 bits per heavy atom. The average Bonchev–Trinajstić information content (AvgIpc) is 3.16. The van der Waals surface area contributed by atoms with Crippen molar-refractivity contribution in [1.29, 1.82) is 0 Å². The predicted octanol–water partition coefficient (Wildman–Crippen LogP) is 15.9. The third-order valence-corrected chi connectivity index (χ3v) is 15.9. The molecule has 1 aliphatic heterocycles. The predicted molar refractivity (Wildman–Crippen MR) is 231 cm³/mol. The third kappa shape index (κ3) is 10.9. The van der Waals surface area contributed by atoms with Crippen LogP contribution in [0.2, 0.25) is 0 Å². The Morgan fingerprint density at radius 3 is 1.65 bits per heavy atom. The number of allylic oxidation sites excluding steroid dienone is 6. The summed E-state index contributed by atoms with van der Waals surface area (Å²) in [5, 5.41) is 11.4. The van der Waals surface area contributed by atoms with E-state index in [2.05, 4.69) is 65.8 Å². The van der Waals surface area contributed by atoms with Crippen LogP contribution in [0.3, 0.4) is 0 Å². The van der Waals surface area contributed by atoms with Gasteiger partial charge in [-0.3, -0.25) is 0 Å². The summed E-state index contributed by atoms with van der Waals surface area (Å²) in [4.78, 5) is 0. The molecule has 6 rings (SSSR count). The van der Waals surface area contributed by atoms with Crippen molar-refractivity contribution in [3.05, 3.63) is 58.7 Å². The second-order valence-electron chi connectivity index (χ2n) is 20.2. The average molecular weight is 739 g/mol. The second-order valence-corrected chi connectivity index (χ2v) is 20.2. The molecule has 1 saturated carbocycles. The van der Waals surface area contributed by atoms with Crippen LogP contribution in [-0.4, -0.2) is 10.7 Å². The van der Waals surface area contributed by atoms with Crippen LogP contribution in [0.1, 0.15) is 207 Å². The first-order valence-corrected chi connectivity index (χ1v) is 23.6. The van der Waals surface area contributed by atoms with Gasteiger partial charge in [-0.1, -0.05) is 113 Å². The Morgan fingerprint density at radius 1 is 0.648 bits per heavy atom. The summed E-state index contributed by atoms with van der Waals surface area (Å²) < 4.78 is 7.39. The van der Waals surface area contributed by atoms with Gasteiger partial charge in [-0.25, -0.2) is 0 Å². The van der Waals surface area contributed by atoms with Gasteiger partial charge in [0.25, 0.3) is 0 Å². The summed E-state index contributed by atoms with van der Waals surface area (Å²) in [5.74, 6) is 7.90. The van der Waals surface area contributed by atoms with E-state index in [-0.39, 0.29) is 5.60 Å². The summed E-state index contributed by atoms with van der Waals surface area (Å²) in [6.07, 6.45) is 39.4. The van der Waals surface area contributed by atoms with Gasteiger partial charge < -0.3 is 9.84 Å². The van der Waals surface area contributed by atoms with Crippen molar-refractivity contribution in [1.82, 2.24) is 0 Å². The highest BCUT2D eigenvalue weighted by Gasteiger charge is 2.51. The molecule has 0 saturated heterocycles. The van der Waals surface area contributed by atoms with Gasteiger partial charge in [0.05, 0.1) is 0 Å². The second kappa shape index (κ2) is 19.9. The maximum absolute atomic E-state index is 11.4. The first-order chi connectivity index (χ1) is 26.1. The Hall–Kier alpha value is -1.96. The number of aromatic hydroxyl groups is 1. The van der Waals surface area contributed by atoms with E-state index < -0.39 is 0 Å². The molecule has 0 radical (unpaired) electrons. The summed E-state index contributed by atoms with van der Waals surface area (Å²) in [5.41, 5.74) is 5.89. The van der Waals surface area contributed by atoms with Crippen molar-refractivity contribution in [2.75, 3.05) is 0 Å². The van der Waals surface area contributed by atoms with E-state index in [1.54, 1.807) is 16.7 Å². The van der Waals surface area contributed by atoms with Gasteiger partial charge in [0.2, 0.25) is 0 Å². The summed E-state index contributed by atoms with van der Waals surface area (Å²) in [7, 11) is 0. The molecule has 1 aromatic rings. The Balaban J connectivity index is 1.11. The minimum absolute atomic E-state index is 0.105. The van der Waals surface area contributed by atoms with E-state index in [0.29, 0.717) is 17.6 Å². The van der Waals surface area contributed by atoms with Crippen LogP contribution in [0.15, 0.2) is 53.1 Å². The summed E-state index contributed by atoms with van der Waals surface area (Å²) >= 11 is 0. The quantitative estimate of drug-likeness (QED) is 0.120. The van der Waals surface area contributed by atoms with Crippen LogP contribution in [0, 0.1) is 47.3 Å². The lowest BCUT2D eigenvalue weighted by molar-refractivity contribution is -0.0606. The summed E-state index contributed by atoms with van der Waals surface area (Å²) in [6.45, 7) is 14.6. The number of ether oxygens (including phenoxy) is 1. The highest BCUT2D eigenvalue weighted by Crippen LogP contribution is 2.58. The molecule has 1 N–H and O–H groups in total. The Bertz CT molecular complexity index is 1370. The zero-order valence-corrected chi connectivity index (χ0v) is 36.0. The molecule has 1 heterocycles. The lowest BCUT2D eigenvalue weighted by atomic mass is 9.60. The molecule has 302 valence electrons. The van der Waals surface area contributed by atoms with E-state index in [0.717, 1.165) is 52.7 Å². The van der Waals surface area contributed by atoms with Crippen molar-refractivity contribution in [3.63, 3.8) is 0 Å². The van der Waals surface area contributed by atoms with Crippen molar-refractivity contribution in [3.8, 4) is 11.5 Å². The van der Waals surface area contributed by atoms with Crippen molar-refractivity contribution >= 4 is 0 Å². The van der Waals surface area contributed by atoms with E-state index in [4.69, 9.17) is 4.74 Å². The van der Waals surface area contributed by atoms with Crippen LogP contribution in [-0.2, 0) is 0 Å². The SMILES string of the molecule is CC1=CC(C(C)CCCCC2CC[C@@H]3[C@@H](C2)c2c(O)cccc2OC3(CCCCC(C)C2C=C(C)CCC2)CCCCC(C)C2C=C(C)CCC2)CCC1. The molecular weight excluding hydrogens is 657 g/mol. The normalized spacial score (nSPS) is 31.6. The van der Waals surface area contributed by atoms with Gasteiger partial charge in [0.1, 0.15) is 17.1 Å². The van der Waals surface area contributed by atoms with Crippen LogP contribution in [0.25, 0.3) is 0 Å². The highest BCUT2D eigenvalue weighted by molar-refractivity contribution is 5.49. The smallest absolute Gasteiger partial charge is 0.127 e. The number of phenols is 1. The molecular formula is C52H82O2. The fourth-order valence-corrected chi connectivity index (χ4v) is 12.5. The molecule has 0 aromatic heterocycles. The van der Waals surface area contributed by atoms with E-state index in [9.17, 15) is 5.11 Å². The lowest BCUT2D eigenvalue weighted by Crippen LogP contribution is -2.51. The van der Waals surface area contributed by atoms with Crippen LogP contribution >= 0.6 is 0 Å². The van der Waals surface area contributed by atoms with Gasteiger partial charge in [-0.05, 0) is 183 Å². The monoisotopic (exact) mass is 739 g/mol. The van der Waals surface area contributed by atoms with Crippen LogP contribution < -0.4 is 4.74 Å². The minimum atomic E-state index is -0.105. The van der Waals surface area contributed by atoms with E-state index in [1.807, 2.05) is 12.1 Å². The standard InChI is InChI=1S/C52H82O2/c1-37-17-13-24-44(33-37)40(4)20-7-8-23-43-29-30-48-47(36-43)51-49(53)27-16-28-50(51)54-52(48,31-11-9-21-41(5)45-25-14-18-38(2)34-45)32-12-10-22-42(6)46-26-15-19-39(3)35-46/h16,27-28,33-35,40-48,53H,7-15,17-26,29-32,36H2,1-6H3/t40?,41?,42?,43?,44?,45?,46?,47-,48-,52?/m1/s1. The Labute approximate surface area is 333 Å². The molecule has 1 aromatic carbocycles. The molecule has 0 amide bonds. The first kappa shape index (κ1) is 41.7. The maximum atomic E-state index is 11.4. The van der Waals surface area contributed by atoms with Crippen LogP contribution in [0.4, 0.5) is 0 Å². The fourth-order valence-electron chi connectivity index (χ4n) is 12.5. The lowest BCUT2D eigenvalue weighted by Gasteiger charge is -2.52. The van der Waals surface area contributed by atoms with Gasteiger partial charge in [-0.15, -0.1) is 0 Å². The van der Waals surface area contributed by atoms with Gasteiger partial charge in [-0.2, -0.15) is 0 Å². The largest absolute Gasteiger partial charge is 0.508 e. The number of benzene rings is 1. The number of hydrogen-bond donors (Lipinski definition) is 1. The van der Waals surface area contributed by atoms with Gasteiger partial charge in [0.15, 0.2) is 0 Å². The van der Waals surface area contributed by atoms with E-state index >= 15 is 0 Å². The van der Waals surface area contributed by atoms with Crippen molar-refractivity contribution < 1.29 is 9.84 Å². The van der Waals surface area contributed by atoms with Gasteiger partial charge >= 0.3 is 0 Å². The highest BCUT2D eigenvalue weighted by atomic mass is 16.5. The number of phenolic OH excluding ortho intramolecular Hbond substituents is 1. The molecule has 5 aliphatic rings.